The van der Waals surface area contributed by atoms with E-state index in [-0.39, 0.29) is 16.7 Å². The van der Waals surface area contributed by atoms with Gasteiger partial charge in [0.25, 0.3) is 0 Å². The fourth-order valence-electron chi connectivity index (χ4n) is 3.72. The Labute approximate surface area is 221 Å². The monoisotopic (exact) mass is 602 g/mol. The van der Waals surface area contributed by atoms with Gasteiger partial charge in [0.1, 0.15) is 6.10 Å². The molecule has 5 atom stereocenters. The van der Waals surface area contributed by atoms with Crippen LogP contribution in [0.5, 0.6) is 0 Å². The first-order valence-electron chi connectivity index (χ1n) is 11.2. The van der Waals surface area contributed by atoms with Crippen molar-refractivity contribution < 1.29 is 38.4 Å². The molecule has 0 aliphatic carbocycles. The fraction of sp³-hybridized carbons (Fsp3) is 0.222. The highest BCUT2D eigenvalue weighted by atomic mass is 127. The van der Waals surface area contributed by atoms with Crippen molar-refractivity contribution in [2.24, 2.45) is 0 Å². The molecule has 0 spiro atoms. The number of aliphatic hydroxyl groups excluding tert-OH is 1. The topological polar surface area (TPSA) is 108 Å². The number of benzene rings is 3. The molecule has 1 aliphatic rings. The Hall–Kier alpha value is -3.28. The van der Waals surface area contributed by atoms with E-state index in [9.17, 15) is 19.5 Å². The van der Waals surface area contributed by atoms with E-state index < -0.39 is 48.6 Å². The molecule has 3 aromatic rings. The molecule has 3 aromatic carbocycles. The van der Waals surface area contributed by atoms with Gasteiger partial charge in [-0.05, 0) is 36.4 Å². The van der Waals surface area contributed by atoms with Crippen molar-refractivity contribution in [3.63, 3.8) is 0 Å². The van der Waals surface area contributed by atoms with E-state index in [2.05, 4.69) is 0 Å². The predicted octanol–water partition coefficient (Wildman–Crippen LogP) is 3.82. The summed E-state index contributed by atoms with van der Waals surface area (Å²) in [5, 5.41) is 10.8. The lowest BCUT2D eigenvalue weighted by Crippen LogP contribution is -2.62. The van der Waals surface area contributed by atoms with Crippen molar-refractivity contribution in [1.82, 2.24) is 0 Å². The highest BCUT2D eigenvalue weighted by molar-refractivity contribution is 14.1. The average Bonchev–Trinajstić information content (AvgIpc) is 2.93. The van der Waals surface area contributed by atoms with Crippen LogP contribution in [-0.2, 0) is 18.9 Å². The fourth-order valence-corrected chi connectivity index (χ4v) is 4.43. The Kier molecular flexibility index (Phi) is 8.68. The lowest BCUT2D eigenvalue weighted by molar-refractivity contribution is -0.274. The number of halogens is 1. The molecule has 1 aliphatic heterocycles. The molecule has 186 valence electrons. The third-order valence-corrected chi connectivity index (χ3v) is 6.39. The quantitative estimate of drug-likeness (QED) is 0.188. The maximum Gasteiger partial charge on any atom is 0.338 e. The number of aliphatic hydroxyl groups is 1. The van der Waals surface area contributed by atoms with E-state index in [0.29, 0.717) is 4.43 Å². The molecule has 0 unspecified atom stereocenters. The summed E-state index contributed by atoms with van der Waals surface area (Å²) in [5.74, 6) is -2.17. The van der Waals surface area contributed by atoms with Crippen LogP contribution < -0.4 is 0 Å². The summed E-state index contributed by atoms with van der Waals surface area (Å²) >= 11 is 2.01. The van der Waals surface area contributed by atoms with Crippen molar-refractivity contribution in [2.75, 3.05) is 4.43 Å². The van der Waals surface area contributed by atoms with Crippen LogP contribution in [-0.4, -0.2) is 58.1 Å². The molecular formula is C27H23IO8. The van der Waals surface area contributed by atoms with Crippen LogP contribution in [0.2, 0.25) is 0 Å². The predicted molar refractivity (Wildman–Crippen MR) is 137 cm³/mol. The summed E-state index contributed by atoms with van der Waals surface area (Å²) in [4.78, 5) is 38.7. The smallest absolute Gasteiger partial charge is 0.338 e. The maximum absolute atomic E-state index is 13.0. The Morgan fingerprint density at radius 3 is 1.39 bits per heavy atom. The van der Waals surface area contributed by atoms with Crippen LogP contribution in [0.4, 0.5) is 0 Å². The van der Waals surface area contributed by atoms with Gasteiger partial charge in [-0.2, -0.15) is 0 Å². The molecule has 1 heterocycles. The average molecular weight is 602 g/mol. The van der Waals surface area contributed by atoms with Crippen molar-refractivity contribution >= 4 is 40.5 Å². The van der Waals surface area contributed by atoms with Gasteiger partial charge in [0.2, 0.25) is 0 Å². The van der Waals surface area contributed by atoms with Gasteiger partial charge < -0.3 is 24.1 Å². The van der Waals surface area contributed by atoms with Crippen molar-refractivity contribution in [2.45, 2.75) is 30.7 Å². The number of hydrogen-bond acceptors (Lipinski definition) is 8. The van der Waals surface area contributed by atoms with Crippen molar-refractivity contribution in [1.29, 1.82) is 0 Å². The van der Waals surface area contributed by atoms with Gasteiger partial charge in [-0.3, -0.25) is 0 Å². The van der Waals surface area contributed by atoms with E-state index >= 15 is 0 Å². The zero-order valence-electron chi connectivity index (χ0n) is 18.9. The lowest BCUT2D eigenvalue weighted by Gasteiger charge is -2.42. The van der Waals surface area contributed by atoms with Gasteiger partial charge in [-0.15, -0.1) is 0 Å². The van der Waals surface area contributed by atoms with E-state index in [4.69, 9.17) is 18.9 Å². The van der Waals surface area contributed by atoms with Gasteiger partial charge in [-0.25, -0.2) is 14.4 Å². The summed E-state index contributed by atoms with van der Waals surface area (Å²) in [6.07, 6.45) is -6.44. The summed E-state index contributed by atoms with van der Waals surface area (Å²) in [7, 11) is 0. The number of alkyl halides is 1. The van der Waals surface area contributed by atoms with Gasteiger partial charge in [0.05, 0.1) is 16.7 Å². The largest absolute Gasteiger partial charge is 0.452 e. The molecule has 0 radical (unpaired) electrons. The lowest BCUT2D eigenvalue weighted by atomic mass is 9.98. The summed E-state index contributed by atoms with van der Waals surface area (Å²) in [5.41, 5.74) is 0.749. The zero-order valence-corrected chi connectivity index (χ0v) is 21.1. The standard InChI is InChI=1S/C27H23IO8/c28-16-20-21(34-24(29)17-10-4-1-5-11-17)22(35-25(30)18-12-6-2-7-13-18)23(27(32)33-20)36-26(31)19-14-8-3-9-15-19/h1-15,20-23,27,32H,16H2/t20-,21+,22+,23-,27+/m0/s1. The number of carbonyl (C=O) groups is 3. The molecule has 1 N–H and O–H groups in total. The third-order valence-electron chi connectivity index (χ3n) is 5.52. The molecule has 0 amide bonds. The number of carbonyl (C=O) groups excluding carboxylic acids is 3. The Morgan fingerprint density at radius 1 is 0.639 bits per heavy atom. The SMILES string of the molecule is O=C(O[C@H]1[C@H](OC(=O)c2ccccc2)[C@H](O)O[C@@H](CI)[C@H]1OC(=O)c1ccccc1)c1ccccc1. The van der Waals surface area contributed by atoms with Gasteiger partial charge in [0.15, 0.2) is 24.6 Å². The second-order valence-corrected chi connectivity index (χ2v) is 8.81. The van der Waals surface area contributed by atoms with Crippen LogP contribution in [0.15, 0.2) is 91.0 Å². The van der Waals surface area contributed by atoms with Crippen LogP contribution in [0.1, 0.15) is 31.1 Å². The number of ether oxygens (including phenoxy) is 4. The van der Waals surface area contributed by atoms with Crippen LogP contribution in [0.25, 0.3) is 0 Å². The van der Waals surface area contributed by atoms with Gasteiger partial charge in [-0.1, -0.05) is 77.2 Å². The van der Waals surface area contributed by atoms with E-state index in [1.54, 1.807) is 91.0 Å². The first kappa shape index (κ1) is 25.8. The highest BCUT2D eigenvalue weighted by Crippen LogP contribution is 2.30. The van der Waals surface area contributed by atoms with Crippen LogP contribution >= 0.6 is 22.6 Å². The first-order valence-corrected chi connectivity index (χ1v) is 12.7. The number of hydrogen-bond donors (Lipinski definition) is 1. The molecule has 0 saturated carbocycles. The maximum atomic E-state index is 13.0. The van der Waals surface area contributed by atoms with Crippen LogP contribution in [0, 0.1) is 0 Å². The molecule has 0 aromatic heterocycles. The molecule has 36 heavy (non-hydrogen) atoms. The second-order valence-electron chi connectivity index (χ2n) is 7.93. The van der Waals surface area contributed by atoms with E-state index in [1.807, 2.05) is 22.6 Å². The molecule has 1 saturated heterocycles. The molecule has 0 bridgehead atoms. The van der Waals surface area contributed by atoms with E-state index in [0.717, 1.165) is 0 Å². The summed E-state index contributed by atoms with van der Waals surface area (Å²) in [6.45, 7) is 0. The Morgan fingerprint density at radius 2 is 1.00 bits per heavy atom. The Balaban J connectivity index is 1.66. The summed E-state index contributed by atoms with van der Waals surface area (Å²) < 4.78 is 23.0. The third kappa shape index (κ3) is 6.10. The minimum Gasteiger partial charge on any atom is -0.452 e. The zero-order chi connectivity index (χ0) is 25.5. The van der Waals surface area contributed by atoms with Crippen molar-refractivity contribution in [3.05, 3.63) is 108 Å². The minimum absolute atomic E-state index is 0.228. The number of esters is 3. The molecule has 8 nitrogen and oxygen atoms in total. The van der Waals surface area contributed by atoms with Crippen molar-refractivity contribution in [3.8, 4) is 0 Å². The van der Waals surface area contributed by atoms with Crippen LogP contribution in [0.3, 0.4) is 0 Å². The Bertz CT molecular complexity index is 1170. The van der Waals surface area contributed by atoms with E-state index in [1.165, 1.54) is 0 Å². The molecule has 1 fully saturated rings. The number of rotatable bonds is 7. The minimum atomic E-state index is -1.63. The molecule has 9 heteroatoms. The normalized spacial score (nSPS) is 23.3. The second kappa shape index (κ2) is 12.1. The first-order chi connectivity index (χ1) is 17.5. The molecule has 4 rings (SSSR count). The van der Waals surface area contributed by atoms with Gasteiger partial charge in [0, 0.05) is 4.43 Å². The summed E-state index contributed by atoms with van der Waals surface area (Å²) in [6, 6.07) is 24.6. The molecular weight excluding hydrogens is 579 g/mol. The highest BCUT2D eigenvalue weighted by Gasteiger charge is 2.51. The van der Waals surface area contributed by atoms with Gasteiger partial charge >= 0.3 is 17.9 Å².